The number of thioether (sulfide) groups is 1. The maximum absolute atomic E-state index is 12.2. The van der Waals surface area contributed by atoms with Gasteiger partial charge in [0, 0.05) is 23.7 Å². The van der Waals surface area contributed by atoms with Gasteiger partial charge in [0.2, 0.25) is 0 Å². The molecule has 112 valence electrons. The van der Waals surface area contributed by atoms with Crippen LogP contribution >= 0.6 is 11.8 Å². The summed E-state index contributed by atoms with van der Waals surface area (Å²) in [5.41, 5.74) is 0.805. The van der Waals surface area contributed by atoms with E-state index >= 15 is 0 Å². The normalized spacial score (nSPS) is 18.1. The van der Waals surface area contributed by atoms with Crippen LogP contribution in [0.3, 0.4) is 0 Å². The summed E-state index contributed by atoms with van der Waals surface area (Å²) in [4.78, 5) is 15.1. The standard InChI is InChI=1S/C16H21N3OS/c1-2-10-21-15-7-5-14(6-8-15)18-16(20)19-9-3-4-13(11-17)12-19/h5-8,13H,2-4,9-10,12H2,1H3,(H,18,20). The third-order valence-corrected chi connectivity index (χ3v) is 4.69. The van der Waals surface area contributed by atoms with Gasteiger partial charge in [0.15, 0.2) is 0 Å². The van der Waals surface area contributed by atoms with E-state index in [0.717, 1.165) is 37.2 Å². The zero-order valence-corrected chi connectivity index (χ0v) is 13.2. The third-order valence-electron chi connectivity index (χ3n) is 3.47. The summed E-state index contributed by atoms with van der Waals surface area (Å²) in [5, 5.41) is 11.9. The predicted molar refractivity (Wildman–Crippen MR) is 86.4 cm³/mol. The van der Waals surface area contributed by atoms with Crippen molar-refractivity contribution in [2.75, 3.05) is 24.2 Å². The molecule has 1 aromatic rings. The third kappa shape index (κ3) is 4.68. The fraction of sp³-hybridized carbons (Fsp3) is 0.500. The number of carbonyl (C=O) groups is 1. The van der Waals surface area contributed by atoms with Crippen LogP contribution in [0.5, 0.6) is 0 Å². The van der Waals surface area contributed by atoms with E-state index in [4.69, 9.17) is 5.26 Å². The van der Waals surface area contributed by atoms with Crippen LogP contribution < -0.4 is 5.32 Å². The molecule has 1 aliphatic heterocycles. The molecule has 2 rings (SSSR count). The zero-order valence-electron chi connectivity index (χ0n) is 12.3. The molecule has 0 radical (unpaired) electrons. The second-order valence-electron chi connectivity index (χ2n) is 5.22. The Balaban J connectivity index is 1.88. The number of likely N-dealkylation sites (tertiary alicyclic amines) is 1. The van der Waals surface area contributed by atoms with Gasteiger partial charge in [-0.2, -0.15) is 5.26 Å². The number of rotatable bonds is 4. The van der Waals surface area contributed by atoms with Crippen molar-refractivity contribution in [2.24, 2.45) is 5.92 Å². The van der Waals surface area contributed by atoms with E-state index in [2.05, 4.69) is 18.3 Å². The van der Waals surface area contributed by atoms with Gasteiger partial charge in [0.25, 0.3) is 0 Å². The molecule has 1 saturated heterocycles. The van der Waals surface area contributed by atoms with Crippen LogP contribution in [-0.2, 0) is 0 Å². The Bertz CT molecular complexity index is 509. The highest BCUT2D eigenvalue weighted by Crippen LogP contribution is 2.22. The first-order valence-electron chi connectivity index (χ1n) is 7.41. The Kier molecular flexibility index (Phi) is 5.94. The number of nitriles is 1. The van der Waals surface area contributed by atoms with Gasteiger partial charge in [0.05, 0.1) is 12.0 Å². The van der Waals surface area contributed by atoms with Gasteiger partial charge in [-0.25, -0.2) is 4.79 Å². The van der Waals surface area contributed by atoms with E-state index < -0.39 is 0 Å². The number of hydrogen-bond donors (Lipinski definition) is 1. The summed E-state index contributed by atoms with van der Waals surface area (Å²) in [5.74, 6) is 1.08. The molecule has 4 nitrogen and oxygen atoms in total. The number of anilines is 1. The van der Waals surface area contributed by atoms with Gasteiger partial charge >= 0.3 is 6.03 Å². The molecule has 1 fully saturated rings. The lowest BCUT2D eigenvalue weighted by Crippen LogP contribution is -2.42. The lowest BCUT2D eigenvalue weighted by Gasteiger charge is -2.29. The summed E-state index contributed by atoms with van der Waals surface area (Å²) in [7, 11) is 0. The van der Waals surface area contributed by atoms with Crippen LogP contribution in [0.25, 0.3) is 0 Å². The van der Waals surface area contributed by atoms with Crippen molar-refractivity contribution in [2.45, 2.75) is 31.1 Å². The number of nitrogens with one attached hydrogen (secondary N) is 1. The van der Waals surface area contributed by atoms with E-state index in [0.29, 0.717) is 6.54 Å². The van der Waals surface area contributed by atoms with E-state index in [-0.39, 0.29) is 11.9 Å². The second kappa shape index (κ2) is 7.94. The minimum atomic E-state index is -0.107. The minimum absolute atomic E-state index is 0.0303. The van der Waals surface area contributed by atoms with Crippen molar-refractivity contribution < 1.29 is 4.79 Å². The molecule has 0 aliphatic carbocycles. The van der Waals surface area contributed by atoms with Gasteiger partial charge in [-0.15, -0.1) is 11.8 Å². The smallest absolute Gasteiger partial charge is 0.321 e. The lowest BCUT2D eigenvalue weighted by atomic mass is 10.0. The fourth-order valence-electron chi connectivity index (χ4n) is 2.32. The minimum Gasteiger partial charge on any atom is -0.323 e. The summed E-state index contributed by atoms with van der Waals surface area (Å²) in [6, 6.07) is 10.1. The van der Waals surface area contributed by atoms with Crippen LogP contribution in [0.2, 0.25) is 0 Å². The maximum atomic E-state index is 12.2. The van der Waals surface area contributed by atoms with Crippen LogP contribution in [0.4, 0.5) is 10.5 Å². The van der Waals surface area contributed by atoms with Crippen LogP contribution in [0.15, 0.2) is 29.2 Å². The Morgan fingerprint density at radius 1 is 1.48 bits per heavy atom. The van der Waals surface area contributed by atoms with Crippen molar-refractivity contribution in [1.82, 2.24) is 4.90 Å². The summed E-state index contributed by atoms with van der Waals surface area (Å²) in [6.07, 6.45) is 2.94. The summed E-state index contributed by atoms with van der Waals surface area (Å²) in [6.45, 7) is 3.43. The Labute approximate surface area is 130 Å². The van der Waals surface area contributed by atoms with Crippen molar-refractivity contribution in [3.8, 4) is 6.07 Å². The van der Waals surface area contributed by atoms with Gasteiger partial charge in [-0.05, 0) is 49.3 Å². The molecule has 1 unspecified atom stereocenters. The maximum Gasteiger partial charge on any atom is 0.321 e. The highest BCUT2D eigenvalue weighted by atomic mass is 32.2. The first-order chi connectivity index (χ1) is 10.2. The molecule has 2 amide bonds. The fourth-order valence-corrected chi connectivity index (χ4v) is 3.09. The summed E-state index contributed by atoms with van der Waals surface area (Å²) >= 11 is 1.82. The molecule has 5 heteroatoms. The molecule has 1 atom stereocenters. The van der Waals surface area contributed by atoms with Crippen LogP contribution in [0.1, 0.15) is 26.2 Å². The van der Waals surface area contributed by atoms with E-state index in [1.807, 2.05) is 36.0 Å². The number of amides is 2. The van der Waals surface area contributed by atoms with Gasteiger partial charge < -0.3 is 10.2 Å². The molecule has 0 spiro atoms. The van der Waals surface area contributed by atoms with Gasteiger partial charge in [0.1, 0.15) is 0 Å². The largest absolute Gasteiger partial charge is 0.323 e. The number of carbonyl (C=O) groups excluding carboxylic acids is 1. The summed E-state index contributed by atoms with van der Waals surface area (Å²) < 4.78 is 0. The Hall–Kier alpha value is -1.67. The number of hydrogen-bond acceptors (Lipinski definition) is 3. The molecule has 1 aliphatic rings. The molecule has 1 aromatic carbocycles. The SMILES string of the molecule is CCCSc1ccc(NC(=O)N2CCCC(C#N)C2)cc1. The molecule has 21 heavy (non-hydrogen) atoms. The van der Waals surface area contributed by atoms with E-state index in [1.165, 1.54) is 4.90 Å². The highest BCUT2D eigenvalue weighted by molar-refractivity contribution is 7.99. The lowest BCUT2D eigenvalue weighted by molar-refractivity contribution is 0.189. The number of piperidine rings is 1. The molecule has 0 bridgehead atoms. The van der Waals surface area contributed by atoms with Crippen molar-refractivity contribution >= 4 is 23.5 Å². The van der Waals surface area contributed by atoms with Crippen molar-refractivity contribution in [3.05, 3.63) is 24.3 Å². The van der Waals surface area contributed by atoms with Gasteiger partial charge in [-0.1, -0.05) is 6.92 Å². The van der Waals surface area contributed by atoms with Crippen molar-refractivity contribution in [1.29, 1.82) is 5.26 Å². The topological polar surface area (TPSA) is 56.1 Å². The molecule has 0 aromatic heterocycles. The van der Waals surface area contributed by atoms with Gasteiger partial charge in [-0.3, -0.25) is 0 Å². The molecule has 1 heterocycles. The molecule has 0 saturated carbocycles. The number of urea groups is 1. The average Bonchev–Trinajstić information content (AvgIpc) is 2.54. The number of nitrogens with zero attached hydrogens (tertiary/aromatic N) is 2. The quantitative estimate of drug-likeness (QED) is 0.857. The average molecular weight is 303 g/mol. The van der Waals surface area contributed by atoms with E-state index in [1.54, 1.807) is 4.90 Å². The second-order valence-corrected chi connectivity index (χ2v) is 6.39. The molecular weight excluding hydrogens is 282 g/mol. The van der Waals surface area contributed by atoms with Crippen LogP contribution in [0, 0.1) is 17.2 Å². The monoisotopic (exact) mass is 303 g/mol. The van der Waals surface area contributed by atoms with Crippen LogP contribution in [-0.4, -0.2) is 29.8 Å². The first-order valence-corrected chi connectivity index (χ1v) is 8.40. The number of benzene rings is 1. The molecule has 1 N–H and O–H groups in total. The Morgan fingerprint density at radius 2 is 2.24 bits per heavy atom. The van der Waals surface area contributed by atoms with E-state index in [9.17, 15) is 4.79 Å². The highest BCUT2D eigenvalue weighted by Gasteiger charge is 2.23. The predicted octanol–water partition coefficient (Wildman–Crippen LogP) is 3.96. The molecular formula is C16H21N3OS. The first kappa shape index (κ1) is 15.7. The zero-order chi connectivity index (χ0) is 15.1. The Morgan fingerprint density at radius 3 is 2.90 bits per heavy atom. The van der Waals surface area contributed by atoms with Crippen molar-refractivity contribution in [3.63, 3.8) is 0 Å².